The molecule has 0 amide bonds. The van der Waals surface area contributed by atoms with Crippen molar-refractivity contribution in [1.82, 2.24) is 4.90 Å². The number of aliphatic hydroxyl groups excluding tert-OH is 2. The molecule has 0 fully saturated rings. The third-order valence-electron chi connectivity index (χ3n) is 2.11. The molecule has 0 spiro atoms. The Bertz CT molecular complexity index is 233. The lowest BCUT2D eigenvalue weighted by Gasteiger charge is -2.22. The van der Waals surface area contributed by atoms with E-state index in [9.17, 15) is 10.2 Å². The molecular weight excluding hydrogens is 234 g/mol. The summed E-state index contributed by atoms with van der Waals surface area (Å²) in [6.45, 7) is 7.20. The molecule has 18 heavy (non-hydrogen) atoms. The molecular formula is C13H25NO4. The third-order valence-corrected chi connectivity index (χ3v) is 2.11. The summed E-state index contributed by atoms with van der Waals surface area (Å²) in [5.41, 5.74) is 0. The maximum Gasteiger partial charge on any atom is 0.114 e. The number of likely N-dealkylation sites (N-methyl/N-ethyl adjacent to an activating group) is 1. The van der Waals surface area contributed by atoms with Gasteiger partial charge < -0.3 is 24.6 Å². The Morgan fingerprint density at radius 3 is 2.39 bits per heavy atom. The number of nitrogens with zero attached hydrogens (tertiary/aromatic N) is 1. The molecule has 0 aliphatic heterocycles. The molecule has 106 valence electrons. The summed E-state index contributed by atoms with van der Waals surface area (Å²) in [6, 6.07) is 0. The zero-order valence-electron chi connectivity index (χ0n) is 11.3. The molecule has 0 bridgehead atoms. The van der Waals surface area contributed by atoms with Gasteiger partial charge >= 0.3 is 0 Å². The fraction of sp³-hybridized carbons (Fsp3) is 0.692. The van der Waals surface area contributed by atoms with Gasteiger partial charge in [0, 0.05) is 13.1 Å². The smallest absolute Gasteiger partial charge is 0.114 e. The van der Waals surface area contributed by atoms with Gasteiger partial charge in [0.2, 0.25) is 0 Å². The summed E-state index contributed by atoms with van der Waals surface area (Å²) < 4.78 is 10.2. The van der Waals surface area contributed by atoms with E-state index >= 15 is 0 Å². The lowest BCUT2D eigenvalue weighted by Crippen LogP contribution is -2.38. The standard InChI is InChI=1S/C13H25NO4/c1-4-6-17-10-12(15)8-14(3)9-13(16)11-18-7-5-2/h4-5,7,12-13,15-16H,1,6,8-11H2,2-3H3/b7-5+. The van der Waals surface area contributed by atoms with Crippen molar-refractivity contribution in [3.05, 3.63) is 25.0 Å². The van der Waals surface area contributed by atoms with Gasteiger partial charge in [0.05, 0.1) is 25.6 Å². The van der Waals surface area contributed by atoms with E-state index in [4.69, 9.17) is 9.47 Å². The van der Waals surface area contributed by atoms with Gasteiger partial charge in [0.15, 0.2) is 0 Å². The molecule has 0 aromatic heterocycles. The largest absolute Gasteiger partial charge is 0.499 e. The fourth-order valence-electron chi connectivity index (χ4n) is 1.45. The lowest BCUT2D eigenvalue weighted by atomic mass is 10.3. The number of rotatable bonds is 11. The second-order valence-corrected chi connectivity index (χ2v) is 4.16. The molecule has 0 aliphatic rings. The number of hydrogen-bond donors (Lipinski definition) is 2. The van der Waals surface area contributed by atoms with Crippen LogP contribution in [0.5, 0.6) is 0 Å². The van der Waals surface area contributed by atoms with Crippen LogP contribution in [0.15, 0.2) is 25.0 Å². The first-order chi connectivity index (χ1) is 8.60. The van der Waals surface area contributed by atoms with Gasteiger partial charge in [0.25, 0.3) is 0 Å². The van der Waals surface area contributed by atoms with Crippen LogP contribution in [-0.4, -0.2) is 67.3 Å². The van der Waals surface area contributed by atoms with Crippen molar-refractivity contribution in [3.8, 4) is 0 Å². The van der Waals surface area contributed by atoms with Crippen molar-refractivity contribution < 1.29 is 19.7 Å². The van der Waals surface area contributed by atoms with Gasteiger partial charge in [-0.3, -0.25) is 0 Å². The van der Waals surface area contributed by atoms with Gasteiger partial charge in [-0.05, 0) is 14.0 Å². The molecule has 5 nitrogen and oxygen atoms in total. The van der Waals surface area contributed by atoms with E-state index in [1.54, 1.807) is 18.4 Å². The van der Waals surface area contributed by atoms with E-state index in [1.807, 2.05) is 18.9 Å². The first kappa shape index (κ1) is 17.1. The van der Waals surface area contributed by atoms with Gasteiger partial charge in [-0.15, -0.1) is 6.58 Å². The molecule has 0 saturated heterocycles. The van der Waals surface area contributed by atoms with Crippen molar-refractivity contribution in [2.45, 2.75) is 19.1 Å². The van der Waals surface area contributed by atoms with Gasteiger partial charge in [0.1, 0.15) is 12.7 Å². The Kier molecular flexibility index (Phi) is 10.7. The van der Waals surface area contributed by atoms with Crippen LogP contribution < -0.4 is 0 Å². The summed E-state index contributed by atoms with van der Waals surface area (Å²) in [4.78, 5) is 1.84. The normalized spacial score (nSPS) is 14.9. The van der Waals surface area contributed by atoms with Crippen LogP contribution in [-0.2, 0) is 9.47 Å². The molecule has 2 atom stereocenters. The Morgan fingerprint density at radius 2 is 1.83 bits per heavy atom. The zero-order chi connectivity index (χ0) is 13.8. The minimum atomic E-state index is -0.576. The van der Waals surface area contributed by atoms with Crippen LogP contribution in [0.4, 0.5) is 0 Å². The molecule has 0 radical (unpaired) electrons. The van der Waals surface area contributed by atoms with Crippen LogP contribution in [0.3, 0.4) is 0 Å². The van der Waals surface area contributed by atoms with Crippen molar-refractivity contribution in [3.63, 3.8) is 0 Å². The highest BCUT2D eigenvalue weighted by Gasteiger charge is 2.12. The predicted octanol–water partition coefficient (Wildman–Crippen LogP) is 0.393. The van der Waals surface area contributed by atoms with E-state index in [0.29, 0.717) is 19.7 Å². The molecule has 2 unspecified atom stereocenters. The maximum absolute atomic E-state index is 9.65. The van der Waals surface area contributed by atoms with Crippen LogP contribution in [0.2, 0.25) is 0 Å². The number of hydrogen-bond acceptors (Lipinski definition) is 5. The number of ether oxygens (including phenoxy) is 2. The van der Waals surface area contributed by atoms with Gasteiger partial charge in [-0.25, -0.2) is 0 Å². The molecule has 0 aromatic carbocycles. The summed E-state index contributed by atoms with van der Waals surface area (Å²) in [7, 11) is 1.83. The van der Waals surface area contributed by atoms with Crippen molar-refractivity contribution >= 4 is 0 Å². The average Bonchev–Trinajstić information content (AvgIpc) is 2.29. The first-order valence-corrected chi connectivity index (χ1v) is 6.06. The highest BCUT2D eigenvalue weighted by Crippen LogP contribution is 1.95. The van der Waals surface area contributed by atoms with Crippen molar-refractivity contribution in [2.75, 3.05) is 40.0 Å². The summed E-state index contributed by atoms with van der Waals surface area (Å²) in [6.07, 6.45) is 3.79. The fourth-order valence-corrected chi connectivity index (χ4v) is 1.45. The van der Waals surface area contributed by atoms with Crippen LogP contribution >= 0.6 is 0 Å². The zero-order valence-corrected chi connectivity index (χ0v) is 11.3. The van der Waals surface area contributed by atoms with Gasteiger partial charge in [-0.2, -0.15) is 0 Å². The minimum absolute atomic E-state index is 0.248. The SMILES string of the molecule is C=CCOCC(O)CN(C)CC(O)CO/C=C/C. The molecule has 0 saturated carbocycles. The van der Waals surface area contributed by atoms with Crippen molar-refractivity contribution in [1.29, 1.82) is 0 Å². The summed E-state index contributed by atoms with van der Waals surface area (Å²) in [5.74, 6) is 0. The first-order valence-electron chi connectivity index (χ1n) is 6.06. The second-order valence-electron chi connectivity index (χ2n) is 4.16. The third kappa shape index (κ3) is 10.3. The average molecular weight is 259 g/mol. The molecule has 2 N–H and O–H groups in total. The summed E-state index contributed by atoms with van der Waals surface area (Å²) in [5, 5.41) is 19.3. The second kappa shape index (κ2) is 11.2. The topological polar surface area (TPSA) is 62.2 Å². The Balaban J connectivity index is 3.66. The van der Waals surface area contributed by atoms with E-state index in [0.717, 1.165) is 0 Å². The van der Waals surface area contributed by atoms with Crippen molar-refractivity contribution in [2.24, 2.45) is 0 Å². The highest BCUT2D eigenvalue weighted by molar-refractivity contribution is 4.70. The molecule has 0 aromatic rings. The monoisotopic (exact) mass is 259 g/mol. The summed E-state index contributed by atoms with van der Waals surface area (Å²) >= 11 is 0. The molecule has 5 heteroatoms. The Hall–Kier alpha value is -0.880. The lowest BCUT2D eigenvalue weighted by molar-refractivity contribution is 0.0127. The Labute approximate surface area is 109 Å². The highest BCUT2D eigenvalue weighted by atomic mass is 16.5. The van der Waals surface area contributed by atoms with E-state index in [1.165, 1.54) is 0 Å². The minimum Gasteiger partial charge on any atom is -0.499 e. The van der Waals surface area contributed by atoms with E-state index < -0.39 is 12.2 Å². The van der Waals surface area contributed by atoms with E-state index in [-0.39, 0.29) is 13.2 Å². The molecule has 0 rings (SSSR count). The Morgan fingerprint density at radius 1 is 1.22 bits per heavy atom. The van der Waals surface area contributed by atoms with Crippen LogP contribution in [0.25, 0.3) is 0 Å². The molecule has 0 heterocycles. The van der Waals surface area contributed by atoms with Gasteiger partial charge in [-0.1, -0.05) is 12.2 Å². The number of allylic oxidation sites excluding steroid dienone is 1. The predicted molar refractivity (Wildman–Crippen MR) is 71.3 cm³/mol. The van der Waals surface area contributed by atoms with Crippen LogP contribution in [0.1, 0.15) is 6.92 Å². The number of aliphatic hydroxyl groups is 2. The maximum atomic E-state index is 9.65. The molecule has 0 aliphatic carbocycles. The van der Waals surface area contributed by atoms with Crippen LogP contribution in [0, 0.1) is 0 Å². The quantitative estimate of drug-likeness (QED) is 0.319. The van der Waals surface area contributed by atoms with E-state index in [2.05, 4.69) is 6.58 Å².